The van der Waals surface area contributed by atoms with Gasteiger partial charge >= 0.3 is 0 Å². The van der Waals surface area contributed by atoms with E-state index < -0.39 is 12.1 Å². The van der Waals surface area contributed by atoms with Crippen molar-refractivity contribution in [1.29, 1.82) is 0 Å². The maximum atomic E-state index is 13.1. The summed E-state index contributed by atoms with van der Waals surface area (Å²) in [6.45, 7) is 2.32. The lowest BCUT2D eigenvalue weighted by molar-refractivity contribution is -0.135. The zero-order valence-electron chi connectivity index (χ0n) is 15.5. The van der Waals surface area contributed by atoms with Crippen LogP contribution in [0.4, 0.5) is 0 Å². The first kappa shape index (κ1) is 20.6. The van der Waals surface area contributed by atoms with Crippen LogP contribution in [0.1, 0.15) is 25.3 Å². The second kappa shape index (κ2) is 8.95. The molecule has 2 amide bonds. The SMILES string of the molecule is CC1=C(C(=O)N2C[C@H](O)C[C@H]2C(=O)NCc2ccc(Cl)cc2)C=CC(Cl)=CC1. The van der Waals surface area contributed by atoms with Crippen LogP contribution in [-0.4, -0.2) is 40.5 Å². The molecule has 1 heterocycles. The summed E-state index contributed by atoms with van der Waals surface area (Å²) in [5.74, 6) is -0.552. The van der Waals surface area contributed by atoms with E-state index in [1.54, 1.807) is 24.3 Å². The summed E-state index contributed by atoms with van der Waals surface area (Å²) in [6, 6.07) is 6.46. The van der Waals surface area contributed by atoms with E-state index in [9.17, 15) is 14.7 Å². The molecule has 0 aromatic heterocycles. The number of benzene rings is 1. The van der Waals surface area contributed by atoms with Crippen LogP contribution in [0.25, 0.3) is 0 Å². The van der Waals surface area contributed by atoms with Gasteiger partial charge in [0.05, 0.1) is 6.10 Å². The van der Waals surface area contributed by atoms with Crippen LogP contribution in [0.5, 0.6) is 0 Å². The van der Waals surface area contributed by atoms with Gasteiger partial charge in [0.1, 0.15) is 6.04 Å². The molecule has 3 rings (SSSR count). The Balaban J connectivity index is 1.71. The molecule has 2 aliphatic rings. The molecule has 5 nitrogen and oxygen atoms in total. The van der Waals surface area contributed by atoms with Gasteiger partial charge in [-0.15, -0.1) is 0 Å². The summed E-state index contributed by atoms with van der Waals surface area (Å²) in [7, 11) is 0. The summed E-state index contributed by atoms with van der Waals surface area (Å²) in [6.07, 6.45) is 5.24. The quantitative estimate of drug-likeness (QED) is 0.784. The normalized spacial score (nSPS) is 22.1. The number of amides is 2. The zero-order valence-corrected chi connectivity index (χ0v) is 17.0. The van der Waals surface area contributed by atoms with Gasteiger partial charge in [-0.25, -0.2) is 0 Å². The molecular formula is C21H22Cl2N2O3. The van der Waals surface area contributed by atoms with E-state index in [1.807, 2.05) is 25.1 Å². The van der Waals surface area contributed by atoms with Crippen LogP contribution in [0.15, 0.2) is 58.7 Å². The van der Waals surface area contributed by atoms with Crippen LogP contribution < -0.4 is 5.32 Å². The number of nitrogens with zero attached hydrogens (tertiary/aromatic N) is 1. The lowest BCUT2D eigenvalue weighted by Gasteiger charge is -2.25. The first-order valence-corrected chi connectivity index (χ1v) is 9.85. The van der Waals surface area contributed by atoms with Gasteiger partial charge in [-0.05, 0) is 43.2 Å². The summed E-state index contributed by atoms with van der Waals surface area (Å²) >= 11 is 11.9. The maximum absolute atomic E-state index is 13.1. The van der Waals surface area contributed by atoms with Crippen molar-refractivity contribution in [3.8, 4) is 0 Å². The summed E-state index contributed by atoms with van der Waals surface area (Å²) in [5, 5.41) is 14.1. The molecule has 7 heteroatoms. The Bertz CT molecular complexity index is 859. The number of β-amino-alcohol motifs (C(OH)–C–C–N with tert-alkyl or cyclic N) is 1. The number of allylic oxidation sites excluding steroid dienone is 4. The van der Waals surface area contributed by atoms with Gasteiger partial charge in [0.25, 0.3) is 5.91 Å². The third kappa shape index (κ3) is 4.85. The standard InChI is InChI=1S/C21H22Cl2N2O3/c1-13-2-5-15(22)8-9-18(13)21(28)25-12-17(26)10-19(25)20(27)24-11-14-3-6-16(23)7-4-14/h3-9,17,19,26H,2,10-12H2,1H3,(H,24,27)/t17-,19+/m1/s1. The summed E-state index contributed by atoms with van der Waals surface area (Å²) < 4.78 is 0. The molecule has 28 heavy (non-hydrogen) atoms. The fourth-order valence-electron chi connectivity index (χ4n) is 3.34. The molecule has 1 saturated heterocycles. The highest BCUT2D eigenvalue weighted by Crippen LogP contribution is 2.26. The minimum Gasteiger partial charge on any atom is -0.391 e. The van der Waals surface area contributed by atoms with Crippen molar-refractivity contribution in [2.24, 2.45) is 0 Å². The number of halogens is 2. The Hall–Kier alpha value is -2.08. The van der Waals surface area contributed by atoms with Crippen LogP contribution >= 0.6 is 23.2 Å². The predicted molar refractivity (Wildman–Crippen MR) is 110 cm³/mol. The summed E-state index contributed by atoms with van der Waals surface area (Å²) in [5.41, 5.74) is 2.29. The number of rotatable bonds is 4. The Kier molecular flexibility index (Phi) is 6.60. The largest absolute Gasteiger partial charge is 0.391 e. The highest BCUT2D eigenvalue weighted by Gasteiger charge is 2.39. The fraction of sp³-hybridized carbons (Fsp3) is 0.333. The molecule has 0 unspecified atom stereocenters. The van der Waals surface area contributed by atoms with Gasteiger partial charge in [0, 0.05) is 35.1 Å². The Morgan fingerprint density at radius 1 is 1.21 bits per heavy atom. The Labute approximate surface area is 174 Å². The second-order valence-corrected chi connectivity index (χ2v) is 7.90. The van der Waals surface area contributed by atoms with E-state index in [2.05, 4.69) is 5.32 Å². The van der Waals surface area contributed by atoms with Crippen LogP contribution in [0, 0.1) is 0 Å². The van der Waals surface area contributed by atoms with Crippen molar-refractivity contribution < 1.29 is 14.7 Å². The van der Waals surface area contributed by atoms with Crippen molar-refractivity contribution in [2.75, 3.05) is 6.54 Å². The Morgan fingerprint density at radius 3 is 2.64 bits per heavy atom. The predicted octanol–water partition coefficient (Wildman–Crippen LogP) is 3.32. The molecule has 1 aliphatic carbocycles. The monoisotopic (exact) mass is 420 g/mol. The zero-order chi connectivity index (χ0) is 20.3. The molecule has 0 bridgehead atoms. The minimum absolute atomic E-state index is 0.129. The number of carbonyl (C=O) groups is 2. The first-order valence-electron chi connectivity index (χ1n) is 9.10. The lowest BCUT2D eigenvalue weighted by atomic mass is 10.1. The molecule has 1 aromatic carbocycles. The summed E-state index contributed by atoms with van der Waals surface area (Å²) in [4.78, 5) is 27.3. The number of aliphatic hydroxyl groups excluding tert-OH is 1. The van der Waals surface area contributed by atoms with Gasteiger partial charge in [0.15, 0.2) is 0 Å². The van der Waals surface area contributed by atoms with Crippen LogP contribution in [-0.2, 0) is 16.1 Å². The minimum atomic E-state index is -0.729. The average Bonchev–Trinajstić information content (AvgIpc) is 2.98. The van der Waals surface area contributed by atoms with Gasteiger partial charge in [-0.2, -0.15) is 0 Å². The van der Waals surface area contributed by atoms with E-state index in [0.29, 0.717) is 28.6 Å². The van der Waals surface area contributed by atoms with Gasteiger partial charge in [-0.1, -0.05) is 47.0 Å². The highest BCUT2D eigenvalue weighted by atomic mass is 35.5. The maximum Gasteiger partial charge on any atom is 0.254 e. The third-order valence-electron chi connectivity index (χ3n) is 4.93. The van der Waals surface area contributed by atoms with Crippen molar-refractivity contribution in [3.05, 3.63) is 69.3 Å². The number of aliphatic hydroxyl groups is 1. The molecule has 1 fully saturated rings. The molecule has 0 spiro atoms. The molecule has 148 valence electrons. The third-order valence-corrected chi connectivity index (χ3v) is 5.46. The van der Waals surface area contributed by atoms with Gasteiger partial charge < -0.3 is 15.3 Å². The molecule has 2 N–H and O–H groups in total. The van der Waals surface area contributed by atoms with E-state index >= 15 is 0 Å². The fourth-order valence-corrected chi connectivity index (χ4v) is 3.60. The van der Waals surface area contributed by atoms with Gasteiger partial charge in [-0.3, -0.25) is 9.59 Å². The topological polar surface area (TPSA) is 69.6 Å². The number of likely N-dealkylation sites (tertiary alicyclic amines) is 1. The Morgan fingerprint density at radius 2 is 1.93 bits per heavy atom. The molecule has 1 aliphatic heterocycles. The van der Waals surface area contributed by atoms with Crippen LogP contribution in [0.2, 0.25) is 5.02 Å². The lowest BCUT2D eigenvalue weighted by Crippen LogP contribution is -2.46. The molecule has 1 aromatic rings. The number of nitrogens with one attached hydrogen (secondary N) is 1. The van der Waals surface area contributed by atoms with Crippen molar-refractivity contribution in [3.63, 3.8) is 0 Å². The van der Waals surface area contributed by atoms with Crippen molar-refractivity contribution in [2.45, 2.75) is 38.5 Å². The number of hydrogen-bond donors (Lipinski definition) is 2. The van der Waals surface area contributed by atoms with E-state index in [-0.39, 0.29) is 24.8 Å². The highest BCUT2D eigenvalue weighted by molar-refractivity contribution is 6.31. The van der Waals surface area contributed by atoms with E-state index in [4.69, 9.17) is 23.2 Å². The molecule has 2 atom stereocenters. The average molecular weight is 421 g/mol. The molecular weight excluding hydrogens is 399 g/mol. The number of carbonyl (C=O) groups excluding carboxylic acids is 2. The first-order chi connectivity index (χ1) is 13.3. The molecule has 0 saturated carbocycles. The van der Waals surface area contributed by atoms with Gasteiger partial charge in [0.2, 0.25) is 5.91 Å². The van der Waals surface area contributed by atoms with Crippen LogP contribution in [0.3, 0.4) is 0 Å². The van der Waals surface area contributed by atoms with Crippen molar-refractivity contribution >= 4 is 35.0 Å². The smallest absolute Gasteiger partial charge is 0.254 e. The molecule has 0 radical (unpaired) electrons. The van der Waals surface area contributed by atoms with E-state index in [0.717, 1.165) is 11.1 Å². The second-order valence-electron chi connectivity index (χ2n) is 7.03. The van der Waals surface area contributed by atoms with Crippen molar-refractivity contribution in [1.82, 2.24) is 10.2 Å². The van der Waals surface area contributed by atoms with E-state index in [1.165, 1.54) is 4.90 Å². The number of hydrogen-bond acceptors (Lipinski definition) is 3.